The summed E-state index contributed by atoms with van der Waals surface area (Å²) in [6.45, 7) is 3.10. The van der Waals surface area contributed by atoms with E-state index < -0.39 is 10.0 Å². The second kappa shape index (κ2) is 8.31. The van der Waals surface area contributed by atoms with E-state index in [4.69, 9.17) is 0 Å². The highest BCUT2D eigenvalue weighted by atomic mass is 32.2. The molecule has 0 N–H and O–H groups in total. The van der Waals surface area contributed by atoms with Crippen LogP contribution in [-0.2, 0) is 16.4 Å². The van der Waals surface area contributed by atoms with Gasteiger partial charge in [0.05, 0.1) is 4.90 Å². The van der Waals surface area contributed by atoms with Crippen LogP contribution in [0.1, 0.15) is 49.7 Å². The predicted molar refractivity (Wildman–Crippen MR) is 102 cm³/mol. The number of benzene rings is 2. The molecule has 0 spiro atoms. The first kappa shape index (κ1) is 19.1. The largest absolute Gasteiger partial charge is 0.243 e. The highest BCUT2D eigenvalue weighted by Crippen LogP contribution is 2.30. The summed E-state index contributed by atoms with van der Waals surface area (Å²) in [5.41, 5.74) is 2.17. The number of hydrogen-bond acceptors (Lipinski definition) is 2. The highest BCUT2D eigenvalue weighted by Gasteiger charge is 2.29. The Morgan fingerprint density at radius 2 is 1.73 bits per heavy atom. The summed E-state index contributed by atoms with van der Waals surface area (Å²) in [6, 6.07) is 13.7. The molecule has 0 aromatic heterocycles. The molecule has 1 saturated heterocycles. The van der Waals surface area contributed by atoms with Gasteiger partial charge in [-0.05, 0) is 60.6 Å². The van der Waals surface area contributed by atoms with Crippen molar-refractivity contribution in [1.29, 1.82) is 0 Å². The van der Waals surface area contributed by atoms with Crippen LogP contribution in [0.2, 0.25) is 0 Å². The molecule has 1 heterocycles. The topological polar surface area (TPSA) is 37.4 Å². The lowest BCUT2D eigenvalue weighted by atomic mass is 9.95. The van der Waals surface area contributed by atoms with Crippen LogP contribution in [0.25, 0.3) is 0 Å². The van der Waals surface area contributed by atoms with Gasteiger partial charge in [0, 0.05) is 13.1 Å². The number of nitrogens with zero attached hydrogens (tertiary/aromatic N) is 1. The molecule has 3 rings (SSSR count). The molecule has 0 aliphatic carbocycles. The van der Waals surface area contributed by atoms with Gasteiger partial charge in [-0.15, -0.1) is 0 Å². The molecule has 0 saturated carbocycles. The summed E-state index contributed by atoms with van der Waals surface area (Å²) in [5, 5.41) is 0. The van der Waals surface area contributed by atoms with Gasteiger partial charge in [0.25, 0.3) is 0 Å². The summed E-state index contributed by atoms with van der Waals surface area (Å²) in [4.78, 5) is 0.358. The minimum atomic E-state index is -3.51. The van der Waals surface area contributed by atoms with E-state index in [1.807, 2.05) is 12.1 Å². The number of aryl methyl sites for hydroxylation is 1. The molecular formula is C21H26FNO2S. The van der Waals surface area contributed by atoms with E-state index in [0.717, 1.165) is 43.2 Å². The quantitative estimate of drug-likeness (QED) is 0.757. The molecule has 2 aromatic rings. The van der Waals surface area contributed by atoms with Crippen LogP contribution in [0, 0.1) is 5.82 Å². The SMILES string of the molecule is CCCc1ccc(S(=O)(=O)N2CCCCC(c3ccc(F)cc3)C2)cc1. The molecule has 1 aliphatic heterocycles. The monoisotopic (exact) mass is 375 g/mol. The Hall–Kier alpha value is -1.72. The molecule has 0 radical (unpaired) electrons. The highest BCUT2D eigenvalue weighted by molar-refractivity contribution is 7.89. The number of rotatable bonds is 5. The van der Waals surface area contributed by atoms with Crippen LogP contribution in [0.3, 0.4) is 0 Å². The molecule has 1 fully saturated rings. The van der Waals surface area contributed by atoms with Gasteiger partial charge in [-0.1, -0.05) is 44.0 Å². The van der Waals surface area contributed by atoms with Gasteiger partial charge < -0.3 is 0 Å². The predicted octanol–water partition coefficient (Wildman–Crippen LogP) is 4.74. The van der Waals surface area contributed by atoms with Gasteiger partial charge >= 0.3 is 0 Å². The first-order valence-corrected chi connectivity index (χ1v) is 10.8. The van der Waals surface area contributed by atoms with Crippen molar-refractivity contribution in [3.05, 3.63) is 65.5 Å². The molecule has 26 heavy (non-hydrogen) atoms. The lowest BCUT2D eigenvalue weighted by Gasteiger charge is -2.24. The van der Waals surface area contributed by atoms with E-state index in [1.165, 1.54) is 12.1 Å². The van der Waals surface area contributed by atoms with Gasteiger partial charge in [-0.25, -0.2) is 12.8 Å². The lowest BCUT2D eigenvalue weighted by Crippen LogP contribution is -2.34. The van der Waals surface area contributed by atoms with Crippen molar-refractivity contribution in [2.75, 3.05) is 13.1 Å². The maximum absolute atomic E-state index is 13.2. The van der Waals surface area contributed by atoms with Crippen molar-refractivity contribution in [2.24, 2.45) is 0 Å². The third-order valence-electron chi connectivity index (χ3n) is 5.08. The average Bonchev–Trinajstić information content (AvgIpc) is 2.90. The fourth-order valence-electron chi connectivity index (χ4n) is 3.60. The van der Waals surface area contributed by atoms with E-state index in [0.29, 0.717) is 18.0 Å². The van der Waals surface area contributed by atoms with Gasteiger partial charge in [0.2, 0.25) is 10.0 Å². The van der Waals surface area contributed by atoms with Gasteiger partial charge in [-0.2, -0.15) is 4.31 Å². The zero-order chi connectivity index (χ0) is 18.6. The maximum Gasteiger partial charge on any atom is 0.243 e. The second-order valence-electron chi connectivity index (χ2n) is 7.00. The van der Waals surface area contributed by atoms with Crippen molar-refractivity contribution in [1.82, 2.24) is 4.31 Å². The Labute approximate surface area is 155 Å². The molecular weight excluding hydrogens is 349 g/mol. The van der Waals surface area contributed by atoms with Crippen LogP contribution >= 0.6 is 0 Å². The Morgan fingerprint density at radius 1 is 1.04 bits per heavy atom. The van der Waals surface area contributed by atoms with Crippen molar-refractivity contribution in [3.8, 4) is 0 Å². The smallest absolute Gasteiger partial charge is 0.207 e. The van der Waals surface area contributed by atoms with Gasteiger partial charge in [0.1, 0.15) is 5.82 Å². The fraction of sp³-hybridized carbons (Fsp3) is 0.429. The second-order valence-corrected chi connectivity index (χ2v) is 8.94. The Balaban J connectivity index is 1.82. The van der Waals surface area contributed by atoms with Crippen molar-refractivity contribution < 1.29 is 12.8 Å². The number of halogens is 1. The van der Waals surface area contributed by atoms with Crippen LogP contribution in [0.15, 0.2) is 53.4 Å². The molecule has 3 nitrogen and oxygen atoms in total. The Morgan fingerprint density at radius 3 is 2.38 bits per heavy atom. The molecule has 0 amide bonds. The average molecular weight is 376 g/mol. The molecule has 140 valence electrons. The van der Waals surface area contributed by atoms with Crippen molar-refractivity contribution in [3.63, 3.8) is 0 Å². The van der Waals surface area contributed by atoms with E-state index >= 15 is 0 Å². The first-order valence-electron chi connectivity index (χ1n) is 9.35. The molecule has 1 unspecified atom stereocenters. The van der Waals surface area contributed by atoms with Crippen LogP contribution < -0.4 is 0 Å². The summed E-state index contributed by atoms with van der Waals surface area (Å²) in [7, 11) is -3.51. The summed E-state index contributed by atoms with van der Waals surface area (Å²) < 4.78 is 41.0. The van der Waals surface area contributed by atoms with Crippen LogP contribution in [0.5, 0.6) is 0 Å². The maximum atomic E-state index is 13.2. The van der Waals surface area contributed by atoms with Crippen molar-refractivity contribution >= 4 is 10.0 Å². The molecule has 5 heteroatoms. The standard InChI is InChI=1S/C21H26FNO2S/c1-2-5-17-7-13-21(14-8-17)26(24,25)23-15-4-3-6-19(16-23)18-9-11-20(22)12-10-18/h7-14,19H,2-6,15-16H2,1H3. The Bertz CT molecular complexity index is 816. The molecule has 1 aliphatic rings. The van der Waals surface area contributed by atoms with Gasteiger partial charge in [-0.3, -0.25) is 0 Å². The van der Waals surface area contributed by atoms with E-state index in [9.17, 15) is 12.8 Å². The van der Waals surface area contributed by atoms with E-state index in [1.54, 1.807) is 28.6 Å². The summed E-state index contributed by atoms with van der Waals surface area (Å²) >= 11 is 0. The van der Waals surface area contributed by atoms with Crippen LogP contribution in [-0.4, -0.2) is 25.8 Å². The third kappa shape index (κ3) is 4.33. The number of hydrogen-bond donors (Lipinski definition) is 0. The van der Waals surface area contributed by atoms with E-state index in [-0.39, 0.29) is 11.7 Å². The molecule has 1 atom stereocenters. The third-order valence-corrected chi connectivity index (χ3v) is 6.95. The van der Waals surface area contributed by atoms with Crippen molar-refractivity contribution in [2.45, 2.75) is 49.8 Å². The minimum absolute atomic E-state index is 0.104. The summed E-state index contributed by atoms with van der Waals surface area (Å²) in [6.07, 6.45) is 4.75. The summed E-state index contributed by atoms with van der Waals surface area (Å²) in [5.74, 6) is -0.161. The molecule has 0 bridgehead atoms. The zero-order valence-electron chi connectivity index (χ0n) is 15.2. The fourth-order valence-corrected chi connectivity index (χ4v) is 5.12. The molecule has 2 aromatic carbocycles. The zero-order valence-corrected chi connectivity index (χ0v) is 16.0. The Kier molecular flexibility index (Phi) is 6.09. The van der Waals surface area contributed by atoms with E-state index in [2.05, 4.69) is 6.92 Å². The first-order chi connectivity index (χ1) is 12.5. The normalized spacial score (nSPS) is 19.2. The lowest BCUT2D eigenvalue weighted by molar-refractivity contribution is 0.406. The minimum Gasteiger partial charge on any atom is -0.207 e. The van der Waals surface area contributed by atoms with Gasteiger partial charge in [0.15, 0.2) is 0 Å². The number of sulfonamides is 1. The van der Waals surface area contributed by atoms with Crippen LogP contribution in [0.4, 0.5) is 4.39 Å².